The molecule has 26 heavy (non-hydrogen) atoms. The predicted molar refractivity (Wildman–Crippen MR) is 102 cm³/mol. The summed E-state index contributed by atoms with van der Waals surface area (Å²) in [5, 5.41) is 2.91. The molecular weight excluding hydrogens is 330 g/mol. The van der Waals surface area contributed by atoms with E-state index in [1.54, 1.807) is 14.0 Å². The highest BCUT2D eigenvalue weighted by atomic mass is 16.5. The summed E-state index contributed by atoms with van der Waals surface area (Å²) in [7, 11) is 1.62. The van der Waals surface area contributed by atoms with E-state index in [2.05, 4.69) is 11.4 Å². The zero-order chi connectivity index (χ0) is 19.1. The van der Waals surface area contributed by atoms with Gasteiger partial charge in [0.05, 0.1) is 13.2 Å². The number of hydrogen-bond donors (Lipinski definition) is 1. The largest absolute Gasteiger partial charge is 0.497 e. The van der Waals surface area contributed by atoms with Gasteiger partial charge in [-0.3, -0.25) is 4.79 Å². The summed E-state index contributed by atoms with van der Waals surface area (Å²) in [6, 6.07) is 13.1. The zero-order valence-corrected chi connectivity index (χ0v) is 16.0. The van der Waals surface area contributed by atoms with Crippen molar-refractivity contribution in [3.63, 3.8) is 0 Å². The standard InChI is InChI=1S/C21H27NO4/c1-14-10-15(2)12-20(11-14)26-17(4)21(23)22-16(3)13-25-19-8-6-18(24-5)7-9-19/h6-12,16-17H,13H2,1-5H3,(H,22,23)/t16-,17-/m0/s1. The summed E-state index contributed by atoms with van der Waals surface area (Å²) in [5.41, 5.74) is 2.21. The Balaban J connectivity index is 1.81. The molecule has 0 aliphatic heterocycles. The summed E-state index contributed by atoms with van der Waals surface area (Å²) in [5.74, 6) is 2.03. The Labute approximate surface area is 155 Å². The fourth-order valence-electron chi connectivity index (χ4n) is 2.55. The van der Waals surface area contributed by atoms with Crippen LogP contribution in [0.25, 0.3) is 0 Å². The van der Waals surface area contributed by atoms with Crippen molar-refractivity contribution in [3.8, 4) is 17.2 Å². The molecule has 0 aliphatic carbocycles. The van der Waals surface area contributed by atoms with Crippen molar-refractivity contribution < 1.29 is 19.0 Å². The van der Waals surface area contributed by atoms with E-state index >= 15 is 0 Å². The van der Waals surface area contributed by atoms with Gasteiger partial charge in [0.2, 0.25) is 0 Å². The molecule has 0 heterocycles. The van der Waals surface area contributed by atoms with Crippen LogP contribution in [0.5, 0.6) is 17.2 Å². The van der Waals surface area contributed by atoms with Gasteiger partial charge in [0.25, 0.3) is 5.91 Å². The fraction of sp³-hybridized carbons (Fsp3) is 0.381. The van der Waals surface area contributed by atoms with Crippen LogP contribution in [0, 0.1) is 13.8 Å². The van der Waals surface area contributed by atoms with Gasteiger partial charge < -0.3 is 19.5 Å². The normalized spacial score (nSPS) is 12.8. The number of hydrogen-bond acceptors (Lipinski definition) is 4. The number of aryl methyl sites for hydroxylation is 2. The third-order valence-corrected chi connectivity index (χ3v) is 3.83. The molecule has 0 spiro atoms. The van der Waals surface area contributed by atoms with Gasteiger partial charge in [0, 0.05) is 0 Å². The second-order valence-corrected chi connectivity index (χ2v) is 6.48. The second kappa shape index (κ2) is 9.13. The van der Waals surface area contributed by atoms with Crippen LogP contribution in [0.4, 0.5) is 0 Å². The van der Waals surface area contributed by atoms with Crippen LogP contribution < -0.4 is 19.5 Å². The lowest BCUT2D eigenvalue weighted by Crippen LogP contribution is -2.43. The van der Waals surface area contributed by atoms with Gasteiger partial charge >= 0.3 is 0 Å². The predicted octanol–water partition coefficient (Wildman–Crippen LogP) is 3.66. The first-order valence-electron chi connectivity index (χ1n) is 8.69. The SMILES string of the molecule is COc1ccc(OC[C@H](C)NC(=O)[C@H](C)Oc2cc(C)cc(C)c2)cc1. The minimum atomic E-state index is -0.584. The molecule has 2 aromatic carbocycles. The molecular formula is C21H27NO4. The lowest BCUT2D eigenvalue weighted by Gasteiger charge is -2.19. The monoisotopic (exact) mass is 357 g/mol. The van der Waals surface area contributed by atoms with Crippen molar-refractivity contribution in [1.82, 2.24) is 5.32 Å². The first-order chi connectivity index (χ1) is 12.4. The number of carbonyl (C=O) groups is 1. The molecule has 0 saturated heterocycles. The highest BCUT2D eigenvalue weighted by molar-refractivity contribution is 5.81. The summed E-state index contributed by atoms with van der Waals surface area (Å²) in [6.45, 7) is 8.01. The molecule has 0 unspecified atom stereocenters. The molecule has 0 aromatic heterocycles. The van der Waals surface area contributed by atoms with Crippen LogP contribution in [-0.2, 0) is 4.79 Å². The van der Waals surface area contributed by atoms with E-state index in [0.717, 1.165) is 22.6 Å². The van der Waals surface area contributed by atoms with Crippen LogP contribution in [0.2, 0.25) is 0 Å². The zero-order valence-electron chi connectivity index (χ0n) is 16.0. The van der Waals surface area contributed by atoms with Crippen molar-refractivity contribution in [2.45, 2.75) is 39.8 Å². The molecule has 0 saturated carbocycles. The second-order valence-electron chi connectivity index (χ2n) is 6.48. The molecule has 2 aromatic rings. The number of nitrogens with one attached hydrogen (secondary N) is 1. The van der Waals surface area contributed by atoms with Crippen LogP contribution >= 0.6 is 0 Å². The van der Waals surface area contributed by atoms with Gasteiger partial charge in [0.15, 0.2) is 6.10 Å². The van der Waals surface area contributed by atoms with Gasteiger partial charge in [-0.25, -0.2) is 0 Å². The van der Waals surface area contributed by atoms with Crippen molar-refractivity contribution in [2.75, 3.05) is 13.7 Å². The van der Waals surface area contributed by atoms with Crippen LogP contribution in [-0.4, -0.2) is 31.8 Å². The topological polar surface area (TPSA) is 56.8 Å². The van der Waals surface area contributed by atoms with Crippen LogP contribution in [0.15, 0.2) is 42.5 Å². The number of carbonyl (C=O) groups excluding carboxylic acids is 1. The maximum absolute atomic E-state index is 12.3. The molecule has 140 valence electrons. The number of amides is 1. The Kier molecular flexibility index (Phi) is 6.89. The Morgan fingerprint density at radius 2 is 1.54 bits per heavy atom. The first-order valence-corrected chi connectivity index (χ1v) is 8.69. The Morgan fingerprint density at radius 1 is 0.962 bits per heavy atom. The van der Waals surface area contributed by atoms with E-state index in [-0.39, 0.29) is 11.9 Å². The average Bonchev–Trinajstić information content (AvgIpc) is 2.59. The van der Waals surface area contributed by atoms with Gasteiger partial charge in [-0.2, -0.15) is 0 Å². The fourth-order valence-corrected chi connectivity index (χ4v) is 2.55. The molecule has 2 atom stereocenters. The lowest BCUT2D eigenvalue weighted by atomic mass is 10.1. The third kappa shape index (κ3) is 5.99. The van der Waals surface area contributed by atoms with Gasteiger partial charge in [0.1, 0.15) is 23.9 Å². The number of ether oxygens (including phenoxy) is 3. The lowest BCUT2D eigenvalue weighted by molar-refractivity contribution is -0.128. The number of benzene rings is 2. The molecule has 5 heteroatoms. The quantitative estimate of drug-likeness (QED) is 0.783. The van der Waals surface area contributed by atoms with Crippen LogP contribution in [0.3, 0.4) is 0 Å². The van der Waals surface area contributed by atoms with Crippen LogP contribution in [0.1, 0.15) is 25.0 Å². The summed E-state index contributed by atoms with van der Waals surface area (Å²) in [6.07, 6.45) is -0.584. The number of methoxy groups -OCH3 is 1. The van der Waals surface area contributed by atoms with E-state index in [1.807, 2.05) is 57.2 Å². The minimum absolute atomic E-state index is 0.144. The van der Waals surface area contributed by atoms with E-state index in [0.29, 0.717) is 12.4 Å². The molecule has 0 aliphatic rings. The molecule has 2 rings (SSSR count). The van der Waals surface area contributed by atoms with Gasteiger partial charge in [-0.1, -0.05) is 6.07 Å². The van der Waals surface area contributed by atoms with Crippen molar-refractivity contribution >= 4 is 5.91 Å². The Hall–Kier alpha value is -2.69. The summed E-state index contributed by atoms with van der Waals surface area (Å²) >= 11 is 0. The van der Waals surface area contributed by atoms with Crippen molar-refractivity contribution in [3.05, 3.63) is 53.6 Å². The van der Waals surface area contributed by atoms with E-state index < -0.39 is 6.10 Å². The van der Waals surface area contributed by atoms with Crippen molar-refractivity contribution in [2.24, 2.45) is 0 Å². The van der Waals surface area contributed by atoms with Crippen molar-refractivity contribution in [1.29, 1.82) is 0 Å². The van der Waals surface area contributed by atoms with E-state index in [4.69, 9.17) is 14.2 Å². The summed E-state index contributed by atoms with van der Waals surface area (Å²) in [4.78, 5) is 12.3. The van der Waals surface area contributed by atoms with Gasteiger partial charge in [-0.15, -0.1) is 0 Å². The van der Waals surface area contributed by atoms with E-state index in [9.17, 15) is 4.79 Å². The number of rotatable bonds is 8. The van der Waals surface area contributed by atoms with Gasteiger partial charge in [-0.05, 0) is 75.2 Å². The molecule has 0 radical (unpaired) electrons. The maximum atomic E-state index is 12.3. The third-order valence-electron chi connectivity index (χ3n) is 3.83. The summed E-state index contributed by atoms with van der Waals surface area (Å²) < 4.78 is 16.6. The Morgan fingerprint density at radius 3 is 2.12 bits per heavy atom. The maximum Gasteiger partial charge on any atom is 0.261 e. The van der Waals surface area contributed by atoms with E-state index in [1.165, 1.54) is 0 Å². The molecule has 0 bridgehead atoms. The molecule has 1 N–H and O–H groups in total. The first kappa shape index (κ1) is 19.6. The highest BCUT2D eigenvalue weighted by Crippen LogP contribution is 2.18. The average molecular weight is 357 g/mol. The molecule has 1 amide bonds. The highest BCUT2D eigenvalue weighted by Gasteiger charge is 2.17. The molecule has 0 fully saturated rings. The Bertz CT molecular complexity index is 707. The minimum Gasteiger partial charge on any atom is -0.497 e. The molecule has 5 nitrogen and oxygen atoms in total. The smallest absolute Gasteiger partial charge is 0.261 e.